The Kier molecular flexibility index (Phi) is 4.52. The van der Waals surface area contributed by atoms with Crippen LogP contribution in [0.3, 0.4) is 0 Å². The second-order valence-electron chi connectivity index (χ2n) is 4.64. The van der Waals surface area contributed by atoms with E-state index in [2.05, 4.69) is 16.5 Å². The summed E-state index contributed by atoms with van der Waals surface area (Å²) >= 11 is 0. The highest BCUT2D eigenvalue weighted by Crippen LogP contribution is 2.22. The number of halogens is 1. The molecule has 0 radical (unpaired) electrons. The first-order valence-corrected chi connectivity index (χ1v) is 6.89. The fourth-order valence-corrected chi connectivity index (χ4v) is 2.02. The number of rotatable bonds is 5. The van der Waals surface area contributed by atoms with Crippen molar-refractivity contribution in [3.8, 4) is 11.3 Å². The molecule has 1 aromatic heterocycles. The molecule has 4 nitrogen and oxygen atoms in total. The zero-order valence-corrected chi connectivity index (χ0v) is 12.3. The number of nitrogens with zero attached hydrogens (tertiary/aromatic N) is 3. The first-order chi connectivity index (χ1) is 10.0. The number of aromatic nitrogens is 2. The van der Waals surface area contributed by atoms with E-state index in [1.165, 1.54) is 12.1 Å². The molecule has 0 amide bonds. The van der Waals surface area contributed by atoms with Crippen molar-refractivity contribution in [1.82, 2.24) is 9.97 Å². The Hall–Kier alpha value is -2.43. The molecule has 0 spiro atoms. The van der Waals surface area contributed by atoms with E-state index in [1.54, 1.807) is 18.2 Å². The second kappa shape index (κ2) is 6.35. The topological polar surface area (TPSA) is 55.0 Å². The van der Waals surface area contributed by atoms with E-state index in [4.69, 9.17) is 5.73 Å². The first-order valence-electron chi connectivity index (χ1n) is 6.89. The molecule has 21 heavy (non-hydrogen) atoms. The molecule has 110 valence electrons. The highest BCUT2D eigenvalue weighted by Gasteiger charge is 2.11. The summed E-state index contributed by atoms with van der Waals surface area (Å²) in [5, 5.41) is 0. The molecular formula is C16H19FN4. The summed E-state index contributed by atoms with van der Waals surface area (Å²) in [6.07, 6.45) is 0. The largest absolute Gasteiger partial charge is 0.397 e. The number of benzene rings is 1. The molecule has 0 saturated heterocycles. The van der Waals surface area contributed by atoms with Gasteiger partial charge in [-0.3, -0.25) is 0 Å². The summed E-state index contributed by atoms with van der Waals surface area (Å²) in [6, 6.07) is 7.96. The average molecular weight is 286 g/mol. The number of hydrogen-bond acceptors (Lipinski definition) is 4. The smallest absolute Gasteiger partial charge is 0.226 e. The maximum atomic E-state index is 13.1. The summed E-state index contributed by atoms with van der Waals surface area (Å²) in [6.45, 7) is 9.39. The zero-order valence-electron chi connectivity index (χ0n) is 12.3. The third-order valence-electron chi connectivity index (χ3n) is 3.23. The lowest BCUT2D eigenvalue weighted by Gasteiger charge is -2.20. The van der Waals surface area contributed by atoms with Gasteiger partial charge in [0.05, 0.1) is 17.1 Å². The van der Waals surface area contributed by atoms with Gasteiger partial charge >= 0.3 is 0 Å². The van der Waals surface area contributed by atoms with E-state index in [0.29, 0.717) is 23.0 Å². The number of hydrogen-bond donors (Lipinski definition) is 1. The minimum absolute atomic E-state index is 0.278. The van der Waals surface area contributed by atoms with E-state index in [0.717, 1.165) is 18.7 Å². The molecule has 0 bridgehead atoms. The standard InChI is InChI=1S/C16H19FN4/c1-4-21(5-2)16-19-14(11(3)18)10-15(20-16)12-6-8-13(17)9-7-12/h6-10H,3-5,18H2,1-2H3. The predicted octanol–water partition coefficient (Wildman–Crippen LogP) is 3.06. The summed E-state index contributed by atoms with van der Waals surface area (Å²) in [5.41, 5.74) is 8.26. The van der Waals surface area contributed by atoms with Crippen LogP contribution < -0.4 is 10.6 Å². The van der Waals surface area contributed by atoms with E-state index in [1.807, 2.05) is 18.7 Å². The summed E-state index contributed by atoms with van der Waals surface area (Å²) < 4.78 is 13.1. The van der Waals surface area contributed by atoms with Crippen LogP contribution in [0.5, 0.6) is 0 Å². The van der Waals surface area contributed by atoms with Crippen LogP contribution in [0.25, 0.3) is 17.0 Å². The second-order valence-corrected chi connectivity index (χ2v) is 4.64. The van der Waals surface area contributed by atoms with Crippen molar-refractivity contribution in [1.29, 1.82) is 0 Å². The Morgan fingerprint density at radius 2 is 1.81 bits per heavy atom. The molecule has 0 aliphatic heterocycles. The third kappa shape index (κ3) is 3.37. The van der Waals surface area contributed by atoms with Gasteiger partial charge in [0.25, 0.3) is 0 Å². The van der Waals surface area contributed by atoms with Gasteiger partial charge in [-0.25, -0.2) is 14.4 Å². The monoisotopic (exact) mass is 286 g/mol. The van der Waals surface area contributed by atoms with Crippen LogP contribution in [0.2, 0.25) is 0 Å². The van der Waals surface area contributed by atoms with Crippen LogP contribution in [0.1, 0.15) is 19.5 Å². The third-order valence-corrected chi connectivity index (χ3v) is 3.23. The Labute approximate surface area is 124 Å². The molecule has 0 saturated carbocycles. The van der Waals surface area contributed by atoms with Crippen molar-refractivity contribution in [2.24, 2.45) is 5.73 Å². The summed E-state index contributed by atoms with van der Waals surface area (Å²) in [7, 11) is 0. The lowest BCUT2D eigenvalue weighted by atomic mass is 10.1. The Morgan fingerprint density at radius 1 is 1.19 bits per heavy atom. The van der Waals surface area contributed by atoms with Crippen molar-refractivity contribution in [2.75, 3.05) is 18.0 Å². The van der Waals surface area contributed by atoms with Gasteiger partial charge < -0.3 is 10.6 Å². The molecule has 0 unspecified atom stereocenters. The van der Waals surface area contributed by atoms with Crippen molar-refractivity contribution in [2.45, 2.75) is 13.8 Å². The van der Waals surface area contributed by atoms with Crippen molar-refractivity contribution < 1.29 is 4.39 Å². The first kappa shape index (κ1) is 15.0. The quantitative estimate of drug-likeness (QED) is 0.917. The van der Waals surface area contributed by atoms with Crippen LogP contribution in [0.15, 0.2) is 36.9 Å². The van der Waals surface area contributed by atoms with E-state index in [9.17, 15) is 4.39 Å². The van der Waals surface area contributed by atoms with Crippen LogP contribution in [0, 0.1) is 5.82 Å². The highest BCUT2D eigenvalue weighted by atomic mass is 19.1. The van der Waals surface area contributed by atoms with Crippen molar-refractivity contribution >= 4 is 11.6 Å². The van der Waals surface area contributed by atoms with Gasteiger partial charge in [-0.05, 0) is 44.2 Å². The summed E-state index contributed by atoms with van der Waals surface area (Å²) in [4.78, 5) is 11.0. The van der Waals surface area contributed by atoms with Crippen molar-refractivity contribution in [3.63, 3.8) is 0 Å². The molecule has 2 aromatic rings. The molecule has 1 heterocycles. The SMILES string of the molecule is C=C(N)c1cc(-c2ccc(F)cc2)nc(N(CC)CC)n1. The molecule has 0 fully saturated rings. The molecular weight excluding hydrogens is 267 g/mol. The lowest BCUT2D eigenvalue weighted by Crippen LogP contribution is -2.25. The van der Waals surface area contributed by atoms with Gasteiger partial charge in [-0.15, -0.1) is 0 Å². The Morgan fingerprint density at radius 3 is 2.33 bits per heavy atom. The molecule has 2 N–H and O–H groups in total. The molecule has 0 atom stereocenters. The van der Waals surface area contributed by atoms with Gasteiger partial charge in [-0.1, -0.05) is 6.58 Å². The van der Waals surface area contributed by atoms with Crippen LogP contribution >= 0.6 is 0 Å². The fraction of sp³-hybridized carbons (Fsp3) is 0.250. The Balaban J connectivity index is 2.54. The van der Waals surface area contributed by atoms with Gasteiger partial charge in [0, 0.05) is 18.7 Å². The molecule has 2 rings (SSSR count). The van der Waals surface area contributed by atoms with Crippen LogP contribution in [0.4, 0.5) is 10.3 Å². The van der Waals surface area contributed by atoms with E-state index < -0.39 is 0 Å². The maximum absolute atomic E-state index is 13.1. The normalized spacial score (nSPS) is 10.4. The summed E-state index contributed by atoms with van der Waals surface area (Å²) in [5.74, 6) is 0.323. The fourth-order valence-electron chi connectivity index (χ4n) is 2.02. The predicted molar refractivity (Wildman–Crippen MR) is 84.2 cm³/mol. The molecule has 1 aromatic carbocycles. The zero-order chi connectivity index (χ0) is 15.4. The van der Waals surface area contributed by atoms with Crippen molar-refractivity contribution in [3.05, 3.63) is 48.4 Å². The molecule has 0 aliphatic carbocycles. The van der Waals surface area contributed by atoms with Crippen LogP contribution in [-0.2, 0) is 0 Å². The van der Waals surface area contributed by atoms with E-state index in [-0.39, 0.29) is 5.82 Å². The molecule has 5 heteroatoms. The maximum Gasteiger partial charge on any atom is 0.226 e. The molecule has 0 aliphatic rings. The lowest BCUT2D eigenvalue weighted by molar-refractivity contribution is 0.628. The number of nitrogens with two attached hydrogens (primary N) is 1. The van der Waals surface area contributed by atoms with E-state index >= 15 is 0 Å². The minimum Gasteiger partial charge on any atom is -0.397 e. The van der Waals surface area contributed by atoms with Gasteiger partial charge in [-0.2, -0.15) is 0 Å². The van der Waals surface area contributed by atoms with Crippen LogP contribution in [-0.4, -0.2) is 23.1 Å². The Bertz CT molecular complexity index is 633. The average Bonchev–Trinajstić information content (AvgIpc) is 2.49. The number of anilines is 1. The highest BCUT2D eigenvalue weighted by molar-refractivity contribution is 5.67. The van der Waals surface area contributed by atoms with Gasteiger partial charge in [0.15, 0.2) is 0 Å². The van der Waals surface area contributed by atoms with Gasteiger partial charge in [0.2, 0.25) is 5.95 Å². The minimum atomic E-state index is -0.278. The van der Waals surface area contributed by atoms with Gasteiger partial charge in [0.1, 0.15) is 5.82 Å².